The van der Waals surface area contributed by atoms with Crippen molar-refractivity contribution in [3.63, 3.8) is 0 Å². The molecule has 1 amide bonds. The molecule has 5 nitrogen and oxygen atoms in total. The van der Waals surface area contributed by atoms with Crippen LogP contribution in [-0.4, -0.2) is 27.9 Å². The Bertz CT molecular complexity index is 1320. The Morgan fingerprint density at radius 1 is 1.06 bits per heavy atom. The first-order valence-corrected chi connectivity index (χ1v) is 10.5. The van der Waals surface area contributed by atoms with Crippen LogP contribution in [0, 0.1) is 12.7 Å². The average molecular weight is 471 g/mol. The van der Waals surface area contributed by atoms with Crippen LogP contribution in [0.2, 0.25) is 0 Å². The van der Waals surface area contributed by atoms with Gasteiger partial charge in [-0.2, -0.15) is 18.3 Å². The number of benzene rings is 3. The van der Waals surface area contributed by atoms with Gasteiger partial charge in [-0.15, -0.1) is 0 Å². The monoisotopic (exact) mass is 471 g/mol. The highest BCUT2D eigenvalue weighted by molar-refractivity contribution is 5.82. The van der Waals surface area contributed by atoms with Crippen LogP contribution in [0.1, 0.15) is 24.2 Å². The van der Waals surface area contributed by atoms with Crippen LogP contribution in [0.3, 0.4) is 0 Å². The fourth-order valence-electron chi connectivity index (χ4n) is 3.72. The number of hydrogen-bond donors (Lipinski definition) is 1. The van der Waals surface area contributed by atoms with Crippen molar-refractivity contribution < 1.29 is 27.1 Å². The Morgan fingerprint density at radius 3 is 2.44 bits per heavy atom. The van der Waals surface area contributed by atoms with E-state index in [9.17, 15) is 22.4 Å². The third-order valence-electron chi connectivity index (χ3n) is 5.44. The summed E-state index contributed by atoms with van der Waals surface area (Å²) in [7, 11) is 0. The number of hydrogen-bond acceptors (Lipinski definition) is 3. The Hall–Kier alpha value is -3.88. The summed E-state index contributed by atoms with van der Waals surface area (Å²) in [6, 6.07) is 17.2. The number of rotatable bonds is 6. The van der Waals surface area contributed by atoms with E-state index in [-0.39, 0.29) is 5.82 Å². The van der Waals surface area contributed by atoms with Gasteiger partial charge < -0.3 is 10.1 Å². The van der Waals surface area contributed by atoms with Crippen molar-refractivity contribution in [2.24, 2.45) is 0 Å². The number of aryl methyl sites for hydroxylation is 1. The average Bonchev–Trinajstić information content (AvgIpc) is 3.21. The molecule has 0 aliphatic heterocycles. The van der Waals surface area contributed by atoms with Crippen molar-refractivity contribution in [2.45, 2.75) is 32.2 Å². The lowest BCUT2D eigenvalue weighted by atomic mass is 9.98. The molecule has 1 aromatic heterocycles. The van der Waals surface area contributed by atoms with Gasteiger partial charge in [0.1, 0.15) is 17.7 Å². The third-order valence-corrected chi connectivity index (χ3v) is 5.44. The van der Waals surface area contributed by atoms with Crippen molar-refractivity contribution in [1.29, 1.82) is 0 Å². The molecule has 0 radical (unpaired) electrons. The predicted octanol–water partition coefficient (Wildman–Crippen LogP) is 5.66. The number of nitrogens with one attached hydrogen (secondary N) is 1. The molecule has 0 saturated heterocycles. The number of fused-ring (bicyclic) bond motifs is 1. The zero-order valence-electron chi connectivity index (χ0n) is 18.3. The second-order valence-electron chi connectivity index (χ2n) is 7.91. The quantitative estimate of drug-likeness (QED) is 0.369. The van der Waals surface area contributed by atoms with E-state index in [1.807, 2.05) is 24.4 Å². The normalized spacial score (nSPS) is 13.5. The lowest BCUT2D eigenvalue weighted by Gasteiger charge is -2.28. The van der Waals surface area contributed by atoms with E-state index in [1.165, 1.54) is 19.1 Å². The van der Waals surface area contributed by atoms with Crippen molar-refractivity contribution in [2.75, 3.05) is 0 Å². The van der Waals surface area contributed by atoms with Crippen LogP contribution in [0.15, 0.2) is 72.9 Å². The van der Waals surface area contributed by atoms with Gasteiger partial charge in [-0.1, -0.05) is 24.3 Å². The van der Waals surface area contributed by atoms with Gasteiger partial charge in [-0.3, -0.25) is 4.79 Å². The molecule has 0 fully saturated rings. The van der Waals surface area contributed by atoms with Gasteiger partial charge in [0.2, 0.25) is 0 Å². The summed E-state index contributed by atoms with van der Waals surface area (Å²) in [5.74, 6) is -1.99. The number of carbonyl (C=O) groups is 1. The molecule has 34 heavy (non-hydrogen) atoms. The van der Waals surface area contributed by atoms with Gasteiger partial charge in [-0.05, 0) is 67.4 Å². The number of aromatic nitrogens is 2. The minimum atomic E-state index is -5.00. The number of ether oxygens (including phenoxy) is 1. The molecule has 0 unspecified atom stereocenters. The molecule has 1 heterocycles. The fraction of sp³-hybridized carbons (Fsp3) is 0.200. The van der Waals surface area contributed by atoms with E-state index < -0.39 is 24.2 Å². The van der Waals surface area contributed by atoms with E-state index >= 15 is 0 Å². The van der Waals surface area contributed by atoms with Gasteiger partial charge in [0.05, 0.1) is 23.4 Å². The SMILES string of the molecule is Cc1ccccc1[C@@H](Oc1ccc2c(cnn2-c2ccc(F)cc2)c1)[C@H](C)NC(=O)C(F)(F)F. The first kappa shape index (κ1) is 23.3. The minimum absolute atomic E-state index is 0.357. The van der Waals surface area contributed by atoms with E-state index in [4.69, 9.17) is 4.74 Å². The topological polar surface area (TPSA) is 56.1 Å². The highest BCUT2D eigenvalue weighted by atomic mass is 19.4. The molecule has 0 bridgehead atoms. The summed E-state index contributed by atoms with van der Waals surface area (Å²) < 4.78 is 59.5. The molecule has 0 aliphatic carbocycles. The van der Waals surface area contributed by atoms with E-state index in [1.54, 1.807) is 53.3 Å². The van der Waals surface area contributed by atoms with E-state index in [0.29, 0.717) is 17.0 Å². The summed E-state index contributed by atoms with van der Waals surface area (Å²) in [6.45, 7) is 3.28. The van der Waals surface area contributed by atoms with E-state index in [0.717, 1.165) is 16.5 Å². The molecular formula is C25H21F4N3O2. The lowest BCUT2D eigenvalue weighted by molar-refractivity contribution is -0.174. The van der Waals surface area contributed by atoms with Gasteiger partial charge in [0, 0.05) is 5.39 Å². The molecule has 4 rings (SSSR count). The van der Waals surface area contributed by atoms with Crippen molar-refractivity contribution in [3.05, 3.63) is 89.9 Å². The van der Waals surface area contributed by atoms with Crippen molar-refractivity contribution >= 4 is 16.8 Å². The molecule has 0 saturated carbocycles. The highest BCUT2D eigenvalue weighted by Crippen LogP contribution is 2.30. The second kappa shape index (κ2) is 9.17. The van der Waals surface area contributed by atoms with Gasteiger partial charge in [0.25, 0.3) is 0 Å². The van der Waals surface area contributed by atoms with Gasteiger partial charge >= 0.3 is 12.1 Å². The number of halogens is 4. The molecular weight excluding hydrogens is 450 g/mol. The van der Waals surface area contributed by atoms with Crippen molar-refractivity contribution in [3.8, 4) is 11.4 Å². The Balaban J connectivity index is 1.65. The first-order valence-electron chi connectivity index (χ1n) is 10.5. The first-order chi connectivity index (χ1) is 16.1. The Kier molecular flexibility index (Phi) is 6.28. The number of alkyl halides is 3. The Morgan fingerprint density at radius 2 is 1.76 bits per heavy atom. The summed E-state index contributed by atoms with van der Waals surface area (Å²) in [4.78, 5) is 11.6. The molecule has 0 spiro atoms. The lowest BCUT2D eigenvalue weighted by Crippen LogP contribution is -2.45. The zero-order chi connectivity index (χ0) is 24.5. The molecule has 0 aliphatic rings. The largest absolute Gasteiger partial charge is 0.484 e. The molecule has 176 valence electrons. The number of amides is 1. The molecule has 4 aromatic rings. The van der Waals surface area contributed by atoms with Crippen LogP contribution in [0.25, 0.3) is 16.6 Å². The predicted molar refractivity (Wildman–Crippen MR) is 119 cm³/mol. The highest BCUT2D eigenvalue weighted by Gasteiger charge is 2.40. The number of carbonyl (C=O) groups excluding carboxylic acids is 1. The van der Waals surface area contributed by atoms with Crippen LogP contribution in [0.4, 0.5) is 17.6 Å². The van der Waals surface area contributed by atoms with Gasteiger partial charge in [-0.25, -0.2) is 9.07 Å². The molecule has 2 atom stereocenters. The summed E-state index contributed by atoms with van der Waals surface area (Å²) in [5.41, 5.74) is 2.88. The standard InChI is InChI=1S/C25H21F4N3O2/c1-15-5-3-4-6-21(15)23(16(2)31-24(33)25(27,28)29)34-20-11-12-22-17(13-20)14-30-32(22)19-9-7-18(26)8-10-19/h3-14,16,23H,1-2H3,(H,31,33)/t16-,23-/m0/s1. The molecule has 1 N–H and O–H groups in total. The maximum absolute atomic E-state index is 13.3. The van der Waals surface area contributed by atoms with Gasteiger partial charge in [0.15, 0.2) is 0 Å². The maximum Gasteiger partial charge on any atom is 0.471 e. The Labute approximate surface area is 193 Å². The maximum atomic E-state index is 13.3. The van der Waals surface area contributed by atoms with Crippen LogP contribution >= 0.6 is 0 Å². The van der Waals surface area contributed by atoms with Crippen LogP contribution < -0.4 is 10.1 Å². The summed E-state index contributed by atoms with van der Waals surface area (Å²) >= 11 is 0. The number of nitrogens with zero attached hydrogens (tertiary/aromatic N) is 2. The summed E-state index contributed by atoms with van der Waals surface area (Å²) in [6.07, 6.45) is -4.27. The van der Waals surface area contributed by atoms with E-state index in [2.05, 4.69) is 5.10 Å². The van der Waals surface area contributed by atoms with Crippen LogP contribution in [0.5, 0.6) is 5.75 Å². The second-order valence-corrected chi connectivity index (χ2v) is 7.91. The summed E-state index contributed by atoms with van der Waals surface area (Å²) in [5, 5.41) is 7.06. The third kappa shape index (κ3) is 4.88. The minimum Gasteiger partial charge on any atom is -0.484 e. The zero-order valence-corrected chi connectivity index (χ0v) is 18.3. The smallest absolute Gasteiger partial charge is 0.471 e. The molecule has 3 aromatic carbocycles. The van der Waals surface area contributed by atoms with Crippen LogP contribution in [-0.2, 0) is 4.79 Å². The van der Waals surface area contributed by atoms with Crippen molar-refractivity contribution in [1.82, 2.24) is 15.1 Å². The fourth-order valence-corrected chi connectivity index (χ4v) is 3.72. The molecule has 9 heteroatoms.